The normalized spacial score (nSPS) is 15.6. The van der Waals surface area contributed by atoms with Crippen LogP contribution in [0.3, 0.4) is 0 Å². The molecule has 0 spiro atoms. The van der Waals surface area contributed by atoms with Gasteiger partial charge in [0.25, 0.3) is 0 Å². The first-order chi connectivity index (χ1) is 7.87. The van der Waals surface area contributed by atoms with Crippen LogP contribution in [0.4, 0.5) is 4.79 Å². The van der Waals surface area contributed by atoms with Crippen LogP contribution in [0.5, 0.6) is 0 Å². The van der Waals surface area contributed by atoms with Gasteiger partial charge < -0.3 is 14.8 Å². The largest absolute Gasteiger partial charge is 0.333 e. The summed E-state index contributed by atoms with van der Waals surface area (Å²) in [5, 5.41) is 11.1. The van der Waals surface area contributed by atoms with Crippen molar-refractivity contribution in [2.75, 3.05) is 6.54 Å². The highest BCUT2D eigenvalue weighted by atomic mass is 16.2. The minimum absolute atomic E-state index is 0.0376. The Kier molecular flexibility index (Phi) is 2.81. The Morgan fingerprint density at radius 3 is 2.65 bits per heavy atom. The Labute approximate surface area is 101 Å². The van der Waals surface area contributed by atoms with Crippen molar-refractivity contribution in [3.05, 3.63) is 11.6 Å². The van der Waals surface area contributed by atoms with E-state index in [-0.39, 0.29) is 11.6 Å². The predicted molar refractivity (Wildman–Crippen MR) is 63.5 cm³/mol. The Hall–Kier alpha value is -1.59. The number of nitrogens with one attached hydrogen (secondary N) is 1. The SMILES string of the molecule is Cc1nnc2n1CCN(C(=O)NC(C)(C)C)C2. The number of hydrogen-bond donors (Lipinski definition) is 1. The third kappa shape index (κ3) is 2.57. The smallest absolute Gasteiger partial charge is 0.318 e. The van der Waals surface area contributed by atoms with E-state index in [4.69, 9.17) is 0 Å². The van der Waals surface area contributed by atoms with E-state index in [2.05, 4.69) is 20.1 Å². The maximum absolute atomic E-state index is 12.0. The van der Waals surface area contributed by atoms with Crippen LogP contribution in [-0.4, -0.2) is 37.8 Å². The van der Waals surface area contributed by atoms with Crippen LogP contribution < -0.4 is 5.32 Å². The maximum Gasteiger partial charge on any atom is 0.318 e. The van der Waals surface area contributed by atoms with Crippen molar-refractivity contribution >= 4 is 6.03 Å². The minimum Gasteiger partial charge on any atom is -0.333 e. The number of rotatable bonds is 0. The molecule has 0 atom stereocenters. The van der Waals surface area contributed by atoms with E-state index in [0.29, 0.717) is 13.1 Å². The molecular weight excluding hydrogens is 218 g/mol. The van der Waals surface area contributed by atoms with Crippen molar-refractivity contribution in [2.24, 2.45) is 0 Å². The lowest BCUT2D eigenvalue weighted by Gasteiger charge is -2.31. The second-order valence-corrected chi connectivity index (χ2v) is 5.42. The first-order valence-electron chi connectivity index (χ1n) is 5.82. The number of amides is 2. The van der Waals surface area contributed by atoms with E-state index in [1.165, 1.54) is 0 Å². The zero-order valence-corrected chi connectivity index (χ0v) is 10.8. The summed E-state index contributed by atoms with van der Waals surface area (Å²) in [6.07, 6.45) is 0. The molecule has 1 aromatic heterocycles. The number of carbonyl (C=O) groups excluding carboxylic acids is 1. The standard InChI is InChI=1S/C11H19N5O/c1-8-13-14-9-7-15(5-6-16(8)9)10(17)12-11(2,3)4/h5-7H2,1-4H3,(H,12,17). The lowest BCUT2D eigenvalue weighted by Crippen LogP contribution is -2.50. The highest BCUT2D eigenvalue weighted by molar-refractivity contribution is 5.75. The molecule has 6 heteroatoms. The van der Waals surface area contributed by atoms with Crippen LogP contribution in [0.2, 0.25) is 0 Å². The lowest BCUT2D eigenvalue weighted by atomic mass is 10.1. The Morgan fingerprint density at radius 2 is 2.00 bits per heavy atom. The fourth-order valence-corrected chi connectivity index (χ4v) is 1.88. The molecule has 0 unspecified atom stereocenters. The average molecular weight is 237 g/mol. The Morgan fingerprint density at radius 1 is 1.29 bits per heavy atom. The zero-order valence-electron chi connectivity index (χ0n) is 10.8. The number of carbonyl (C=O) groups is 1. The Balaban J connectivity index is 2.05. The third-order valence-corrected chi connectivity index (χ3v) is 2.71. The van der Waals surface area contributed by atoms with Crippen LogP contribution in [0, 0.1) is 6.92 Å². The summed E-state index contributed by atoms with van der Waals surface area (Å²) in [5.41, 5.74) is -0.210. The van der Waals surface area contributed by atoms with Gasteiger partial charge in [0.2, 0.25) is 0 Å². The molecule has 2 amide bonds. The molecule has 0 bridgehead atoms. The first-order valence-corrected chi connectivity index (χ1v) is 5.82. The monoisotopic (exact) mass is 237 g/mol. The molecule has 0 saturated carbocycles. The van der Waals surface area contributed by atoms with Crippen LogP contribution in [0.1, 0.15) is 32.4 Å². The van der Waals surface area contributed by atoms with E-state index >= 15 is 0 Å². The molecule has 0 fully saturated rings. The van der Waals surface area contributed by atoms with Crippen LogP contribution in [-0.2, 0) is 13.1 Å². The average Bonchev–Trinajstić information content (AvgIpc) is 2.57. The zero-order chi connectivity index (χ0) is 12.6. The van der Waals surface area contributed by atoms with Crippen molar-refractivity contribution in [2.45, 2.75) is 46.3 Å². The van der Waals surface area contributed by atoms with Gasteiger partial charge in [-0.2, -0.15) is 0 Å². The number of nitrogens with zero attached hydrogens (tertiary/aromatic N) is 4. The van der Waals surface area contributed by atoms with Crippen molar-refractivity contribution in [1.82, 2.24) is 25.0 Å². The molecular formula is C11H19N5O. The summed E-state index contributed by atoms with van der Waals surface area (Å²) >= 11 is 0. The van der Waals surface area contributed by atoms with Crippen molar-refractivity contribution in [3.8, 4) is 0 Å². The summed E-state index contributed by atoms with van der Waals surface area (Å²) in [6, 6.07) is -0.0376. The topological polar surface area (TPSA) is 63.1 Å². The lowest BCUT2D eigenvalue weighted by molar-refractivity contribution is 0.173. The number of fused-ring (bicyclic) bond motifs is 1. The van der Waals surface area contributed by atoms with E-state index in [0.717, 1.165) is 18.2 Å². The van der Waals surface area contributed by atoms with Gasteiger partial charge in [0.05, 0.1) is 6.54 Å². The minimum atomic E-state index is -0.210. The number of urea groups is 1. The molecule has 0 saturated heterocycles. The predicted octanol–water partition coefficient (Wildman–Crippen LogP) is 0.910. The molecule has 2 rings (SSSR count). The second kappa shape index (κ2) is 4.01. The van der Waals surface area contributed by atoms with Crippen LogP contribution >= 0.6 is 0 Å². The van der Waals surface area contributed by atoms with Gasteiger partial charge in [-0.3, -0.25) is 0 Å². The highest BCUT2D eigenvalue weighted by Gasteiger charge is 2.25. The van der Waals surface area contributed by atoms with Crippen molar-refractivity contribution < 1.29 is 4.79 Å². The molecule has 1 N–H and O–H groups in total. The highest BCUT2D eigenvalue weighted by Crippen LogP contribution is 2.12. The molecule has 0 radical (unpaired) electrons. The molecule has 1 aliphatic heterocycles. The number of hydrogen-bond acceptors (Lipinski definition) is 3. The van der Waals surface area contributed by atoms with Crippen LogP contribution in [0.25, 0.3) is 0 Å². The van der Waals surface area contributed by atoms with Crippen LogP contribution in [0.15, 0.2) is 0 Å². The molecule has 17 heavy (non-hydrogen) atoms. The van der Waals surface area contributed by atoms with Gasteiger partial charge in [-0.15, -0.1) is 10.2 Å². The molecule has 1 aliphatic rings. The van der Waals surface area contributed by atoms with Gasteiger partial charge in [-0.25, -0.2) is 4.79 Å². The van der Waals surface area contributed by atoms with Crippen molar-refractivity contribution in [1.29, 1.82) is 0 Å². The van der Waals surface area contributed by atoms with E-state index < -0.39 is 0 Å². The van der Waals surface area contributed by atoms with Gasteiger partial charge in [0.1, 0.15) is 5.82 Å². The van der Waals surface area contributed by atoms with Gasteiger partial charge in [0, 0.05) is 18.6 Å². The van der Waals surface area contributed by atoms with E-state index in [1.807, 2.05) is 27.7 Å². The van der Waals surface area contributed by atoms with Crippen molar-refractivity contribution in [3.63, 3.8) is 0 Å². The van der Waals surface area contributed by atoms with Gasteiger partial charge in [0.15, 0.2) is 5.82 Å². The summed E-state index contributed by atoms with van der Waals surface area (Å²) in [5.74, 6) is 1.77. The fraction of sp³-hybridized carbons (Fsp3) is 0.727. The summed E-state index contributed by atoms with van der Waals surface area (Å²) in [7, 11) is 0. The quantitative estimate of drug-likeness (QED) is 0.729. The third-order valence-electron chi connectivity index (χ3n) is 2.71. The molecule has 2 heterocycles. The number of aryl methyl sites for hydroxylation is 1. The molecule has 1 aromatic rings. The van der Waals surface area contributed by atoms with Gasteiger partial charge in [-0.05, 0) is 27.7 Å². The molecule has 6 nitrogen and oxygen atoms in total. The van der Waals surface area contributed by atoms with E-state index in [9.17, 15) is 4.79 Å². The Bertz CT molecular complexity index is 432. The molecule has 0 aliphatic carbocycles. The number of aromatic nitrogens is 3. The first kappa shape index (κ1) is 11.9. The maximum atomic E-state index is 12.0. The molecule has 94 valence electrons. The summed E-state index contributed by atoms with van der Waals surface area (Å²) in [4.78, 5) is 13.8. The fourth-order valence-electron chi connectivity index (χ4n) is 1.88. The van der Waals surface area contributed by atoms with Gasteiger partial charge >= 0.3 is 6.03 Å². The summed E-state index contributed by atoms with van der Waals surface area (Å²) < 4.78 is 2.06. The van der Waals surface area contributed by atoms with Gasteiger partial charge in [-0.1, -0.05) is 0 Å². The van der Waals surface area contributed by atoms with E-state index in [1.54, 1.807) is 4.90 Å². The summed E-state index contributed by atoms with van der Waals surface area (Å²) in [6.45, 7) is 9.86. The molecule has 0 aromatic carbocycles. The second-order valence-electron chi connectivity index (χ2n) is 5.42.